The lowest BCUT2D eigenvalue weighted by atomic mass is 9.58. The third kappa shape index (κ3) is 6.29. The number of ketones is 1. The first-order chi connectivity index (χ1) is 15.0. The number of aliphatic carboxylic acids is 3. The van der Waals surface area contributed by atoms with Crippen LogP contribution in [0.15, 0.2) is 0 Å². The zero-order valence-corrected chi connectivity index (χ0v) is 18.8. The molecule has 0 radical (unpaired) electrons. The van der Waals surface area contributed by atoms with E-state index in [0.717, 1.165) is 19.3 Å². The lowest BCUT2D eigenvalue weighted by Crippen LogP contribution is -2.43. The van der Waals surface area contributed by atoms with Crippen molar-refractivity contribution in [2.24, 2.45) is 29.1 Å². The molecular weight excluding hydrogens is 418 g/mol. The van der Waals surface area contributed by atoms with Crippen LogP contribution in [0.1, 0.15) is 78.1 Å². The highest BCUT2D eigenvalue weighted by Crippen LogP contribution is 2.59. The quantitative estimate of drug-likeness (QED) is 0.351. The van der Waals surface area contributed by atoms with E-state index in [1.54, 1.807) is 0 Å². The summed E-state index contributed by atoms with van der Waals surface area (Å²) < 4.78 is 0. The van der Waals surface area contributed by atoms with Gasteiger partial charge in [-0.1, -0.05) is 13.8 Å². The topological polar surface area (TPSA) is 158 Å². The summed E-state index contributed by atoms with van der Waals surface area (Å²) in [6.45, 7) is 4.27. The Kier molecular flexibility index (Phi) is 8.81. The predicted octanol–water partition coefficient (Wildman–Crippen LogP) is 2.71. The van der Waals surface area contributed by atoms with E-state index in [1.807, 2.05) is 0 Å². The molecule has 0 saturated heterocycles. The van der Waals surface area contributed by atoms with Gasteiger partial charge >= 0.3 is 17.9 Å². The number of carbonyl (C=O) groups is 5. The number of Topliss-reactive ketones (excluding diaryl/α,β-unsaturated/α-hetero) is 1. The van der Waals surface area contributed by atoms with E-state index in [9.17, 15) is 29.1 Å². The zero-order chi connectivity index (χ0) is 24.1. The fourth-order valence-electron chi connectivity index (χ4n) is 6.05. The Morgan fingerprint density at radius 3 is 2.28 bits per heavy atom. The van der Waals surface area contributed by atoms with Crippen molar-refractivity contribution in [3.8, 4) is 0 Å². The van der Waals surface area contributed by atoms with E-state index in [2.05, 4.69) is 19.2 Å². The Bertz CT molecular complexity index is 750. The summed E-state index contributed by atoms with van der Waals surface area (Å²) in [6, 6.07) is -1.22. The molecule has 180 valence electrons. The average Bonchev–Trinajstić information content (AvgIpc) is 3.05. The number of hydrogen-bond acceptors (Lipinski definition) is 5. The van der Waals surface area contributed by atoms with Gasteiger partial charge in [0.1, 0.15) is 11.8 Å². The Morgan fingerprint density at radius 1 is 1.03 bits per heavy atom. The Balaban J connectivity index is 1.94. The largest absolute Gasteiger partial charge is 0.481 e. The second kappa shape index (κ2) is 10.9. The van der Waals surface area contributed by atoms with Crippen molar-refractivity contribution >= 4 is 29.6 Å². The van der Waals surface area contributed by atoms with E-state index >= 15 is 0 Å². The minimum atomic E-state index is -1.25. The highest BCUT2D eigenvalue weighted by Gasteiger charge is 2.54. The van der Waals surface area contributed by atoms with Crippen LogP contribution in [0.2, 0.25) is 0 Å². The Hall–Kier alpha value is -2.45. The summed E-state index contributed by atoms with van der Waals surface area (Å²) in [7, 11) is 0. The molecule has 9 nitrogen and oxygen atoms in total. The van der Waals surface area contributed by atoms with E-state index in [-0.39, 0.29) is 54.6 Å². The van der Waals surface area contributed by atoms with Crippen LogP contribution in [0.25, 0.3) is 0 Å². The lowest BCUT2D eigenvalue weighted by Gasteiger charge is -2.46. The van der Waals surface area contributed by atoms with Crippen molar-refractivity contribution in [3.63, 3.8) is 0 Å². The lowest BCUT2D eigenvalue weighted by molar-refractivity contribution is -0.143. The van der Waals surface area contributed by atoms with Gasteiger partial charge in [-0.15, -0.1) is 0 Å². The second-order valence-corrected chi connectivity index (χ2v) is 9.71. The number of carboxylic acids is 3. The van der Waals surface area contributed by atoms with Crippen LogP contribution in [0.5, 0.6) is 0 Å². The molecule has 2 rings (SSSR count). The van der Waals surface area contributed by atoms with Crippen LogP contribution >= 0.6 is 0 Å². The van der Waals surface area contributed by atoms with E-state index < -0.39 is 29.9 Å². The van der Waals surface area contributed by atoms with Crippen molar-refractivity contribution in [2.75, 3.05) is 0 Å². The maximum atomic E-state index is 12.5. The molecule has 32 heavy (non-hydrogen) atoms. The van der Waals surface area contributed by atoms with Crippen LogP contribution in [0, 0.1) is 29.1 Å². The summed E-state index contributed by atoms with van der Waals surface area (Å²) in [5.41, 5.74) is -0.0714. The molecule has 2 aliphatic rings. The molecule has 0 aromatic heterocycles. The van der Waals surface area contributed by atoms with Crippen LogP contribution in [-0.2, 0) is 24.0 Å². The van der Waals surface area contributed by atoms with Gasteiger partial charge in [-0.3, -0.25) is 19.2 Å². The van der Waals surface area contributed by atoms with Crippen LogP contribution < -0.4 is 5.32 Å². The molecule has 0 aliphatic heterocycles. The van der Waals surface area contributed by atoms with Gasteiger partial charge in [-0.2, -0.15) is 0 Å². The smallest absolute Gasteiger partial charge is 0.326 e. The standard InChI is InChI=1S/C23H35NO8/c1-13(3-8-19(26)24-17(22(31)32)7-10-21(29)30)15-5-6-16-14(4-9-20(27)28)18(25)11-12-23(15,16)2/h13-17H,3-12H2,1-2H3,(H,24,26)(H,27,28)(H,29,30)(H,31,32)/t13-,14-,15+,16-,17-,23+/m0/s1. The molecule has 6 atom stereocenters. The van der Waals surface area contributed by atoms with Crippen molar-refractivity contribution < 1.29 is 39.3 Å². The first kappa shape index (κ1) is 25.8. The number of amides is 1. The van der Waals surface area contributed by atoms with Crippen molar-refractivity contribution in [3.05, 3.63) is 0 Å². The fourth-order valence-corrected chi connectivity index (χ4v) is 6.05. The monoisotopic (exact) mass is 453 g/mol. The van der Waals surface area contributed by atoms with Gasteiger partial charge in [0.15, 0.2) is 0 Å². The van der Waals surface area contributed by atoms with Crippen LogP contribution in [-0.4, -0.2) is 51.0 Å². The molecule has 9 heteroatoms. The Labute approximate surface area is 187 Å². The van der Waals surface area contributed by atoms with Gasteiger partial charge < -0.3 is 20.6 Å². The number of hydrogen-bond donors (Lipinski definition) is 4. The second-order valence-electron chi connectivity index (χ2n) is 9.71. The molecule has 0 aromatic carbocycles. The first-order valence-electron chi connectivity index (χ1n) is 11.4. The van der Waals surface area contributed by atoms with Gasteiger partial charge in [0, 0.05) is 31.6 Å². The highest BCUT2D eigenvalue weighted by atomic mass is 16.4. The summed E-state index contributed by atoms with van der Waals surface area (Å²) in [6.07, 6.45) is 3.64. The first-order valence-corrected chi connectivity index (χ1v) is 11.4. The van der Waals surface area contributed by atoms with Crippen molar-refractivity contribution in [1.29, 1.82) is 0 Å². The number of nitrogens with one attached hydrogen (secondary N) is 1. The van der Waals surface area contributed by atoms with E-state index in [0.29, 0.717) is 25.2 Å². The third-order valence-corrected chi connectivity index (χ3v) is 7.76. The molecule has 1 amide bonds. The molecule has 0 heterocycles. The number of carboxylic acid groups (broad SMARTS) is 3. The normalized spacial score (nSPS) is 29.1. The van der Waals surface area contributed by atoms with E-state index in [4.69, 9.17) is 10.2 Å². The summed E-state index contributed by atoms with van der Waals surface area (Å²) in [5, 5.41) is 29.4. The molecule has 0 unspecified atom stereocenters. The number of fused-ring (bicyclic) bond motifs is 1. The van der Waals surface area contributed by atoms with Gasteiger partial charge in [-0.05, 0) is 61.7 Å². The average molecular weight is 454 g/mol. The maximum absolute atomic E-state index is 12.5. The van der Waals surface area contributed by atoms with Gasteiger partial charge in [-0.25, -0.2) is 4.79 Å². The zero-order valence-electron chi connectivity index (χ0n) is 18.8. The molecule has 0 spiro atoms. The molecule has 2 saturated carbocycles. The van der Waals surface area contributed by atoms with Gasteiger partial charge in [0.05, 0.1) is 0 Å². The molecule has 0 bridgehead atoms. The third-order valence-electron chi connectivity index (χ3n) is 7.76. The molecule has 2 aliphatic carbocycles. The minimum Gasteiger partial charge on any atom is -0.481 e. The molecule has 2 fully saturated rings. The minimum absolute atomic E-state index is 0.00397. The highest BCUT2D eigenvalue weighted by molar-refractivity contribution is 5.84. The molecular formula is C23H35NO8. The Morgan fingerprint density at radius 2 is 1.69 bits per heavy atom. The van der Waals surface area contributed by atoms with Crippen LogP contribution in [0.3, 0.4) is 0 Å². The molecule has 4 N–H and O–H groups in total. The van der Waals surface area contributed by atoms with Gasteiger partial charge in [0.2, 0.25) is 5.91 Å². The van der Waals surface area contributed by atoms with Crippen molar-refractivity contribution in [1.82, 2.24) is 5.32 Å². The summed E-state index contributed by atoms with van der Waals surface area (Å²) in [5.74, 6) is -3.05. The fraction of sp³-hybridized carbons (Fsp3) is 0.783. The predicted molar refractivity (Wildman–Crippen MR) is 114 cm³/mol. The van der Waals surface area contributed by atoms with Gasteiger partial charge in [0.25, 0.3) is 0 Å². The SMILES string of the molecule is C[C@@H](CCC(=O)N[C@@H](CCC(=O)O)C(=O)O)[C@H]1CC[C@H]2[C@H](CCC(=O)O)C(=O)CC[C@]12C. The number of carbonyl (C=O) groups excluding carboxylic acids is 2. The maximum Gasteiger partial charge on any atom is 0.326 e. The summed E-state index contributed by atoms with van der Waals surface area (Å²) in [4.78, 5) is 57.8. The van der Waals surface area contributed by atoms with Crippen molar-refractivity contribution in [2.45, 2.75) is 84.1 Å². The van der Waals surface area contributed by atoms with E-state index in [1.165, 1.54) is 0 Å². The molecule has 0 aromatic rings. The summed E-state index contributed by atoms with van der Waals surface area (Å²) >= 11 is 0. The van der Waals surface area contributed by atoms with Crippen LogP contribution in [0.4, 0.5) is 0 Å². The number of rotatable bonds is 12.